The van der Waals surface area contributed by atoms with Crippen LogP contribution in [0.5, 0.6) is 5.75 Å². The number of aromatic amines is 1. The van der Waals surface area contributed by atoms with Crippen LogP contribution in [0.15, 0.2) is 18.2 Å². The highest BCUT2D eigenvalue weighted by atomic mass is 16.3. The molecule has 0 amide bonds. The molecule has 1 aromatic heterocycles. The maximum Gasteiger partial charge on any atom is 0.117 e. The molecule has 0 radical (unpaired) electrons. The summed E-state index contributed by atoms with van der Waals surface area (Å²) in [5, 5.41) is 12.8. The molecule has 0 aliphatic carbocycles. The van der Waals surface area contributed by atoms with Crippen LogP contribution < -0.4 is 5.32 Å². The Morgan fingerprint density at radius 1 is 1.29 bits per heavy atom. The van der Waals surface area contributed by atoms with Gasteiger partial charge in [0.25, 0.3) is 0 Å². The first-order chi connectivity index (χ1) is 8.31. The van der Waals surface area contributed by atoms with E-state index in [1.807, 2.05) is 6.07 Å². The van der Waals surface area contributed by atoms with E-state index in [2.05, 4.69) is 15.3 Å². The van der Waals surface area contributed by atoms with Gasteiger partial charge in [0.05, 0.1) is 11.0 Å². The largest absolute Gasteiger partial charge is 0.508 e. The van der Waals surface area contributed by atoms with Gasteiger partial charge in [-0.2, -0.15) is 0 Å². The number of nitrogens with one attached hydrogen (secondary N) is 2. The molecule has 3 N–H and O–H groups in total. The van der Waals surface area contributed by atoms with Crippen LogP contribution in [0.25, 0.3) is 11.0 Å². The van der Waals surface area contributed by atoms with Gasteiger partial charge in [0.2, 0.25) is 0 Å². The van der Waals surface area contributed by atoms with Crippen LogP contribution in [0.3, 0.4) is 0 Å². The van der Waals surface area contributed by atoms with Gasteiger partial charge in [0, 0.05) is 12.5 Å². The van der Waals surface area contributed by atoms with Crippen molar-refractivity contribution in [2.45, 2.75) is 19.3 Å². The quantitative estimate of drug-likeness (QED) is 0.738. The van der Waals surface area contributed by atoms with Crippen molar-refractivity contribution in [3.63, 3.8) is 0 Å². The number of fused-ring (bicyclic) bond motifs is 1. The lowest BCUT2D eigenvalue weighted by molar-refractivity contribution is 0.368. The third-order valence-corrected chi connectivity index (χ3v) is 3.46. The highest BCUT2D eigenvalue weighted by Gasteiger charge is 2.15. The van der Waals surface area contributed by atoms with Gasteiger partial charge in [-0.25, -0.2) is 4.98 Å². The summed E-state index contributed by atoms with van der Waals surface area (Å²) in [6.45, 7) is 2.23. The molecule has 1 aliphatic rings. The molecule has 0 saturated carbocycles. The number of nitrogens with zero attached hydrogens (tertiary/aromatic N) is 1. The SMILES string of the molecule is Oc1ccc2nc(CC3CCNCC3)[nH]c2c1. The van der Waals surface area contributed by atoms with E-state index in [0.29, 0.717) is 0 Å². The Morgan fingerprint density at radius 3 is 2.94 bits per heavy atom. The molecule has 4 heteroatoms. The van der Waals surface area contributed by atoms with Crippen LogP contribution in [0.2, 0.25) is 0 Å². The minimum absolute atomic E-state index is 0.287. The Kier molecular flexibility index (Phi) is 2.73. The monoisotopic (exact) mass is 231 g/mol. The summed E-state index contributed by atoms with van der Waals surface area (Å²) in [5.74, 6) is 2.05. The highest BCUT2D eigenvalue weighted by molar-refractivity contribution is 5.76. The molecule has 1 fully saturated rings. The van der Waals surface area contributed by atoms with Crippen LogP contribution in [0.1, 0.15) is 18.7 Å². The molecule has 4 nitrogen and oxygen atoms in total. The first kappa shape index (κ1) is 10.6. The number of imidazole rings is 1. The normalized spacial score (nSPS) is 17.6. The minimum Gasteiger partial charge on any atom is -0.508 e. The van der Waals surface area contributed by atoms with E-state index in [0.717, 1.165) is 42.3 Å². The number of hydrogen-bond donors (Lipinski definition) is 3. The van der Waals surface area contributed by atoms with Crippen molar-refractivity contribution >= 4 is 11.0 Å². The molecule has 90 valence electrons. The smallest absolute Gasteiger partial charge is 0.117 e. The van der Waals surface area contributed by atoms with Crippen molar-refractivity contribution in [2.24, 2.45) is 5.92 Å². The van der Waals surface area contributed by atoms with E-state index in [1.165, 1.54) is 12.8 Å². The second-order valence-corrected chi connectivity index (χ2v) is 4.78. The zero-order chi connectivity index (χ0) is 11.7. The second kappa shape index (κ2) is 4.37. The number of hydrogen-bond acceptors (Lipinski definition) is 3. The highest BCUT2D eigenvalue weighted by Crippen LogP contribution is 2.21. The number of H-pyrrole nitrogens is 1. The van der Waals surface area contributed by atoms with E-state index < -0.39 is 0 Å². The number of phenolic OH excluding ortho intramolecular Hbond substituents is 1. The fourth-order valence-corrected chi connectivity index (χ4v) is 2.51. The summed E-state index contributed by atoms with van der Waals surface area (Å²) in [6, 6.07) is 5.26. The van der Waals surface area contributed by atoms with Crippen molar-refractivity contribution in [1.82, 2.24) is 15.3 Å². The van der Waals surface area contributed by atoms with Gasteiger partial charge in [0.1, 0.15) is 11.6 Å². The van der Waals surface area contributed by atoms with Crippen LogP contribution in [-0.2, 0) is 6.42 Å². The van der Waals surface area contributed by atoms with Crippen molar-refractivity contribution in [3.05, 3.63) is 24.0 Å². The topological polar surface area (TPSA) is 60.9 Å². The number of rotatable bonds is 2. The molecule has 1 aliphatic heterocycles. The van der Waals surface area contributed by atoms with Gasteiger partial charge in [-0.3, -0.25) is 0 Å². The van der Waals surface area contributed by atoms with Crippen LogP contribution in [-0.4, -0.2) is 28.2 Å². The average molecular weight is 231 g/mol. The third kappa shape index (κ3) is 2.26. The van der Waals surface area contributed by atoms with E-state index in [-0.39, 0.29) is 5.75 Å². The van der Waals surface area contributed by atoms with Gasteiger partial charge in [-0.05, 0) is 44.0 Å². The summed E-state index contributed by atoms with van der Waals surface area (Å²) in [7, 11) is 0. The predicted molar refractivity (Wildman–Crippen MR) is 67.1 cm³/mol. The summed E-state index contributed by atoms with van der Waals surface area (Å²) < 4.78 is 0. The van der Waals surface area contributed by atoms with Gasteiger partial charge >= 0.3 is 0 Å². The van der Waals surface area contributed by atoms with Crippen molar-refractivity contribution < 1.29 is 5.11 Å². The van der Waals surface area contributed by atoms with E-state index in [9.17, 15) is 5.11 Å². The van der Waals surface area contributed by atoms with Gasteiger partial charge in [-0.1, -0.05) is 0 Å². The molecule has 17 heavy (non-hydrogen) atoms. The molecule has 1 aromatic carbocycles. The third-order valence-electron chi connectivity index (χ3n) is 3.46. The predicted octanol–water partition coefficient (Wildman–Crippen LogP) is 1.81. The molecular weight excluding hydrogens is 214 g/mol. The van der Waals surface area contributed by atoms with Crippen LogP contribution in [0.4, 0.5) is 0 Å². The van der Waals surface area contributed by atoms with E-state index >= 15 is 0 Å². The van der Waals surface area contributed by atoms with Gasteiger partial charge in [-0.15, -0.1) is 0 Å². The summed E-state index contributed by atoms with van der Waals surface area (Å²) in [4.78, 5) is 7.85. The zero-order valence-electron chi connectivity index (χ0n) is 9.74. The van der Waals surface area contributed by atoms with Crippen LogP contribution >= 0.6 is 0 Å². The molecular formula is C13H17N3O. The fraction of sp³-hybridized carbons (Fsp3) is 0.462. The molecule has 0 bridgehead atoms. The van der Waals surface area contributed by atoms with Gasteiger partial charge in [0.15, 0.2) is 0 Å². The molecule has 3 rings (SSSR count). The van der Waals surface area contributed by atoms with Crippen molar-refractivity contribution in [1.29, 1.82) is 0 Å². The Hall–Kier alpha value is -1.55. The number of aromatic nitrogens is 2. The van der Waals surface area contributed by atoms with Gasteiger partial charge < -0.3 is 15.4 Å². The van der Waals surface area contributed by atoms with Crippen molar-refractivity contribution in [3.8, 4) is 5.75 Å². The summed E-state index contributed by atoms with van der Waals surface area (Å²) in [6.07, 6.45) is 3.46. The van der Waals surface area contributed by atoms with Crippen molar-refractivity contribution in [2.75, 3.05) is 13.1 Å². The lowest BCUT2D eigenvalue weighted by Crippen LogP contribution is -2.28. The minimum atomic E-state index is 0.287. The number of piperidine rings is 1. The maximum atomic E-state index is 9.40. The Bertz CT molecular complexity index is 514. The lowest BCUT2D eigenvalue weighted by atomic mass is 9.94. The Balaban J connectivity index is 1.80. The first-order valence-corrected chi connectivity index (χ1v) is 6.19. The fourth-order valence-electron chi connectivity index (χ4n) is 2.51. The van der Waals surface area contributed by atoms with Crippen LogP contribution in [0, 0.1) is 5.92 Å². The molecule has 2 heterocycles. The summed E-state index contributed by atoms with van der Waals surface area (Å²) >= 11 is 0. The van der Waals surface area contributed by atoms with E-state index in [4.69, 9.17) is 0 Å². The molecule has 1 saturated heterocycles. The maximum absolute atomic E-state index is 9.40. The number of phenols is 1. The Labute approximate surface area is 100 Å². The second-order valence-electron chi connectivity index (χ2n) is 4.78. The first-order valence-electron chi connectivity index (χ1n) is 6.19. The zero-order valence-corrected chi connectivity index (χ0v) is 9.74. The molecule has 0 unspecified atom stereocenters. The molecule has 0 spiro atoms. The number of benzene rings is 1. The molecule has 0 atom stereocenters. The number of aromatic hydroxyl groups is 1. The van der Waals surface area contributed by atoms with E-state index in [1.54, 1.807) is 12.1 Å². The lowest BCUT2D eigenvalue weighted by Gasteiger charge is -2.21. The average Bonchev–Trinajstić information content (AvgIpc) is 2.71. The summed E-state index contributed by atoms with van der Waals surface area (Å²) in [5.41, 5.74) is 1.86. The molecule has 2 aromatic rings. The standard InChI is InChI=1S/C13H17N3O/c17-10-1-2-11-12(8-10)16-13(15-11)7-9-3-5-14-6-4-9/h1-2,8-9,14,17H,3-7H2,(H,15,16). The Morgan fingerprint density at radius 2 is 2.12 bits per heavy atom.